The van der Waals surface area contributed by atoms with E-state index < -0.39 is 0 Å². The predicted octanol–water partition coefficient (Wildman–Crippen LogP) is 3.16. The zero-order valence-electron chi connectivity index (χ0n) is 17.7. The highest BCUT2D eigenvalue weighted by atomic mass is 19.1. The van der Waals surface area contributed by atoms with Crippen molar-refractivity contribution >= 4 is 23.3 Å². The number of aromatic nitrogens is 1. The number of benzene rings is 2. The van der Waals surface area contributed by atoms with Gasteiger partial charge in [-0.3, -0.25) is 9.59 Å². The Labute approximate surface area is 189 Å². The summed E-state index contributed by atoms with van der Waals surface area (Å²) in [5.74, 6) is 1.20. The van der Waals surface area contributed by atoms with Crippen LogP contribution in [0, 0.1) is 5.82 Å². The molecule has 1 saturated heterocycles. The summed E-state index contributed by atoms with van der Waals surface area (Å²) in [6.07, 6.45) is 1.61. The summed E-state index contributed by atoms with van der Waals surface area (Å²) in [5.41, 5.74) is 1.52. The number of hydrogen-bond donors (Lipinski definition) is 1. The topological polar surface area (TPSA) is 84.0 Å². The van der Waals surface area contributed by atoms with Gasteiger partial charge in [-0.1, -0.05) is 0 Å². The summed E-state index contributed by atoms with van der Waals surface area (Å²) < 4.78 is 23.7. The van der Waals surface area contributed by atoms with E-state index in [9.17, 15) is 14.0 Å². The Morgan fingerprint density at radius 3 is 2.33 bits per heavy atom. The molecule has 0 saturated carbocycles. The van der Waals surface area contributed by atoms with Crippen molar-refractivity contribution in [3.8, 4) is 11.5 Å². The van der Waals surface area contributed by atoms with Gasteiger partial charge in [0, 0.05) is 37.3 Å². The van der Waals surface area contributed by atoms with Crippen molar-refractivity contribution in [2.75, 3.05) is 43.2 Å². The molecule has 0 atom stereocenters. The van der Waals surface area contributed by atoms with E-state index in [4.69, 9.17) is 9.47 Å². The number of fused-ring (bicyclic) bond motifs is 1. The highest BCUT2D eigenvalue weighted by Gasteiger charge is 2.23. The van der Waals surface area contributed by atoms with E-state index in [0.29, 0.717) is 54.5 Å². The molecule has 3 aromatic rings. The van der Waals surface area contributed by atoms with Crippen LogP contribution in [0.25, 0.3) is 0 Å². The van der Waals surface area contributed by atoms with Crippen LogP contribution in [0.5, 0.6) is 11.5 Å². The van der Waals surface area contributed by atoms with E-state index in [1.807, 2.05) is 6.07 Å². The first kappa shape index (κ1) is 20.7. The number of pyridine rings is 1. The lowest BCUT2D eigenvalue weighted by Gasteiger charge is -2.35. The van der Waals surface area contributed by atoms with Gasteiger partial charge in [0.05, 0.1) is 11.9 Å². The van der Waals surface area contributed by atoms with Gasteiger partial charge in [-0.15, -0.1) is 0 Å². The Kier molecular flexibility index (Phi) is 5.52. The van der Waals surface area contributed by atoms with E-state index in [2.05, 4.69) is 15.2 Å². The third-order valence-electron chi connectivity index (χ3n) is 5.62. The molecular weight excluding hydrogens is 427 g/mol. The molecule has 0 spiro atoms. The van der Waals surface area contributed by atoms with Crippen molar-refractivity contribution in [3.63, 3.8) is 0 Å². The lowest BCUT2D eigenvalue weighted by molar-refractivity contribution is 0.0746. The number of hydrogen-bond acceptors (Lipinski definition) is 6. The molecule has 8 nitrogen and oxygen atoms in total. The molecule has 2 aromatic carbocycles. The van der Waals surface area contributed by atoms with Crippen LogP contribution in [0.3, 0.4) is 0 Å². The molecule has 33 heavy (non-hydrogen) atoms. The monoisotopic (exact) mass is 448 g/mol. The molecule has 3 heterocycles. The molecule has 2 amide bonds. The molecule has 2 aliphatic heterocycles. The number of nitrogens with one attached hydrogen (secondary N) is 1. The summed E-state index contributed by atoms with van der Waals surface area (Å²) in [7, 11) is 0. The molecule has 0 bridgehead atoms. The zero-order valence-corrected chi connectivity index (χ0v) is 17.7. The van der Waals surface area contributed by atoms with Crippen molar-refractivity contribution in [2.45, 2.75) is 0 Å². The molecule has 0 unspecified atom stereocenters. The van der Waals surface area contributed by atoms with Crippen LogP contribution in [-0.4, -0.2) is 54.7 Å². The fourth-order valence-corrected chi connectivity index (χ4v) is 3.80. The zero-order chi connectivity index (χ0) is 22.8. The first-order valence-corrected chi connectivity index (χ1v) is 10.5. The van der Waals surface area contributed by atoms with E-state index in [0.717, 1.165) is 5.82 Å². The van der Waals surface area contributed by atoms with Crippen molar-refractivity contribution in [1.82, 2.24) is 9.88 Å². The van der Waals surface area contributed by atoms with Gasteiger partial charge in [0.1, 0.15) is 11.6 Å². The molecule has 0 aliphatic carbocycles. The van der Waals surface area contributed by atoms with E-state index >= 15 is 0 Å². The molecule has 168 valence electrons. The molecule has 9 heteroatoms. The Morgan fingerprint density at radius 2 is 1.61 bits per heavy atom. The van der Waals surface area contributed by atoms with Crippen molar-refractivity contribution in [3.05, 3.63) is 77.7 Å². The van der Waals surface area contributed by atoms with Gasteiger partial charge in [0.15, 0.2) is 11.5 Å². The fraction of sp³-hybridized carbons (Fsp3) is 0.208. The summed E-state index contributed by atoms with van der Waals surface area (Å²) in [6, 6.07) is 14.3. The summed E-state index contributed by atoms with van der Waals surface area (Å²) in [5, 5.41) is 2.83. The van der Waals surface area contributed by atoms with Crippen molar-refractivity contribution in [1.29, 1.82) is 0 Å². The van der Waals surface area contributed by atoms with Crippen LogP contribution in [-0.2, 0) is 0 Å². The maximum absolute atomic E-state index is 13.1. The number of carbonyl (C=O) groups is 2. The number of halogens is 1. The SMILES string of the molecule is O=C(Nc1ccc(N2CCN(C(=O)c3ccc(F)cc3)CC2)nc1)c1ccc2c(c1)OCO2. The number of nitrogens with zero attached hydrogens (tertiary/aromatic N) is 3. The molecule has 1 fully saturated rings. The Hall–Kier alpha value is -4.14. The predicted molar refractivity (Wildman–Crippen MR) is 119 cm³/mol. The van der Waals surface area contributed by atoms with E-state index in [1.165, 1.54) is 24.3 Å². The van der Waals surface area contributed by atoms with Crippen LogP contribution >= 0.6 is 0 Å². The van der Waals surface area contributed by atoms with Gasteiger partial charge >= 0.3 is 0 Å². The van der Waals surface area contributed by atoms with Crippen LogP contribution in [0.4, 0.5) is 15.9 Å². The van der Waals surface area contributed by atoms with Crippen molar-refractivity contribution < 1.29 is 23.5 Å². The second-order valence-electron chi connectivity index (χ2n) is 7.71. The second-order valence-corrected chi connectivity index (χ2v) is 7.71. The van der Waals surface area contributed by atoms with Gasteiger partial charge in [-0.05, 0) is 54.6 Å². The maximum Gasteiger partial charge on any atom is 0.255 e. The number of rotatable bonds is 4. The molecular formula is C24H21FN4O4. The smallest absolute Gasteiger partial charge is 0.255 e. The van der Waals surface area contributed by atoms with E-state index in [-0.39, 0.29) is 24.4 Å². The first-order chi connectivity index (χ1) is 16.1. The fourth-order valence-electron chi connectivity index (χ4n) is 3.80. The minimum atomic E-state index is -0.363. The minimum absolute atomic E-state index is 0.107. The van der Waals surface area contributed by atoms with Gasteiger partial charge < -0.3 is 24.6 Å². The Morgan fingerprint density at radius 1 is 0.879 bits per heavy atom. The number of carbonyl (C=O) groups excluding carboxylic acids is 2. The molecule has 1 N–H and O–H groups in total. The molecule has 2 aliphatic rings. The quantitative estimate of drug-likeness (QED) is 0.660. The van der Waals surface area contributed by atoms with Crippen LogP contribution in [0.15, 0.2) is 60.8 Å². The number of amides is 2. The van der Waals surface area contributed by atoms with Gasteiger partial charge in [0.2, 0.25) is 6.79 Å². The third kappa shape index (κ3) is 4.43. The van der Waals surface area contributed by atoms with Crippen molar-refractivity contribution in [2.24, 2.45) is 0 Å². The lowest BCUT2D eigenvalue weighted by atomic mass is 10.1. The standard InChI is InChI=1S/C24H21FN4O4/c25-18-4-1-16(2-5-18)24(31)29-11-9-28(10-12-29)22-8-6-19(14-26-22)27-23(30)17-3-7-20-21(13-17)33-15-32-20/h1-8,13-14H,9-12,15H2,(H,27,30). The normalized spacial score (nSPS) is 14.8. The van der Waals surface area contributed by atoms with Crippen LogP contribution in [0.2, 0.25) is 0 Å². The van der Waals surface area contributed by atoms with Crippen LogP contribution < -0.4 is 19.7 Å². The summed E-state index contributed by atoms with van der Waals surface area (Å²) >= 11 is 0. The summed E-state index contributed by atoms with van der Waals surface area (Å²) in [6.45, 7) is 2.49. The van der Waals surface area contributed by atoms with Gasteiger partial charge in [0.25, 0.3) is 11.8 Å². The Bertz CT molecular complexity index is 1180. The minimum Gasteiger partial charge on any atom is -0.454 e. The largest absolute Gasteiger partial charge is 0.454 e. The molecule has 5 rings (SSSR count). The molecule has 0 radical (unpaired) electrons. The summed E-state index contributed by atoms with van der Waals surface area (Å²) in [4.78, 5) is 33.4. The highest BCUT2D eigenvalue weighted by Crippen LogP contribution is 2.32. The third-order valence-corrected chi connectivity index (χ3v) is 5.62. The lowest BCUT2D eigenvalue weighted by Crippen LogP contribution is -2.49. The highest BCUT2D eigenvalue weighted by molar-refractivity contribution is 6.04. The average molecular weight is 448 g/mol. The number of anilines is 2. The van der Waals surface area contributed by atoms with Gasteiger partial charge in [-0.25, -0.2) is 9.37 Å². The molecule has 1 aromatic heterocycles. The number of ether oxygens (including phenoxy) is 2. The average Bonchev–Trinajstić information content (AvgIpc) is 3.33. The van der Waals surface area contributed by atoms with E-state index in [1.54, 1.807) is 35.4 Å². The van der Waals surface area contributed by atoms with Gasteiger partial charge in [-0.2, -0.15) is 0 Å². The van der Waals surface area contributed by atoms with Crippen LogP contribution in [0.1, 0.15) is 20.7 Å². The first-order valence-electron chi connectivity index (χ1n) is 10.5. The number of piperazine rings is 1. The Balaban J connectivity index is 1.17. The maximum atomic E-state index is 13.1. The second kappa shape index (κ2) is 8.78.